The van der Waals surface area contributed by atoms with Crippen molar-refractivity contribution >= 4 is 29.2 Å². The second-order valence-electron chi connectivity index (χ2n) is 2.92. The summed E-state index contributed by atoms with van der Waals surface area (Å²) in [5.41, 5.74) is 0. The van der Waals surface area contributed by atoms with Crippen molar-refractivity contribution in [1.29, 1.82) is 0 Å². The Bertz CT molecular complexity index is 283. The van der Waals surface area contributed by atoms with E-state index < -0.39 is 0 Å². The molecule has 14 heavy (non-hydrogen) atoms. The van der Waals surface area contributed by atoms with E-state index in [4.69, 9.17) is 11.6 Å². The van der Waals surface area contributed by atoms with Gasteiger partial charge in [-0.1, -0.05) is 6.92 Å². The molecule has 0 aliphatic rings. The van der Waals surface area contributed by atoms with Crippen LogP contribution in [0.3, 0.4) is 0 Å². The highest BCUT2D eigenvalue weighted by molar-refractivity contribution is 7.99. The highest BCUT2D eigenvalue weighted by Crippen LogP contribution is 2.09. The molecular formula is C9H14ClN3S. The summed E-state index contributed by atoms with van der Waals surface area (Å²) in [4.78, 5) is 7.87. The summed E-state index contributed by atoms with van der Waals surface area (Å²) in [6, 6.07) is 2.21. The molecule has 1 unspecified atom stereocenters. The van der Waals surface area contributed by atoms with Crippen LogP contribution in [0.2, 0.25) is 5.28 Å². The molecule has 0 saturated carbocycles. The summed E-state index contributed by atoms with van der Waals surface area (Å²) < 4.78 is 0. The highest BCUT2D eigenvalue weighted by atomic mass is 35.5. The van der Waals surface area contributed by atoms with Crippen LogP contribution in [0.1, 0.15) is 13.8 Å². The SMILES string of the molecule is CCSCC(C)Nc1ccnc(Cl)n1. The standard InChI is InChI=1S/C9H14ClN3S/c1-3-14-6-7(2)12-8-4-5-11-9(10)13-8/h4-5,7H,3,6H2,1-2H3,(H,11,12,13). The van der Waals surface area contributed by atoms with Crippen LogP contribution >= 0.6 is 23.4 Å². The number of aromatic nitrogens is 2. The van der Waals surface area contributed by atoms with E-state index in [2.05, 4.69) is 29.1 Å². The van der Waals surface area contributed by atoms with E-state index >= 15 is 0 Å². The van der Waals surface area contributed by atoms with Crippen molar-refractivity contribution < 1.29 is 0 Å². The number of hydrogen-bond donors (Lipinski definition) is 1. The lowest BCUT2D eigenvalue weighted by molar-refractivity contribution is 0.899. The normalized spacial score (nSPS) is 12.5. The molecule has 0 spiro atoms. The molecule has 0 saturated heterocycles. The first-order valence-corrected chi connectivity index (χ1v) is 6.08. The van der Waals surface area contributed by atoms with Gasteiger partial charge in [0.2, 0.25) is 5.28 Å². The first kappa shape index (κ1) is 11.6. The minimum atomic E-state index is 0.283. The van der Waals surface area contributed by atoms with Crippen LogP contribution in [0.4, 0.5) is 5.82 Å². The zero-order chi connectivity index (χ0) is 10.4. The van der Waals surface area contributed by atoms with Gasteiger partial charge in [0.25, 0.3) is 0 Å². The first-order chi connectivity index (χ1) is 6.72. The van der Waals surface area contributed by atoms with Crippen molar-refractivity contribution in [1.82, 2.24) is 9.97 Å². The van der Waals surface area contributed by atoms with E-state index in [-0.39, 0.29) is 5.28 Å². The third-order valence-corrected chi connectivity index (χ3v) is 2.92. The van der Waals surface area contributed by atoms with Crippen molar-refractivity contribution in [3.05, 3.63) is 17.5 Å². The summed E-state index contributed by atoms with van der Waals surface area (Å²) in [6.45, 7) is 4.28. The quantitative estimate of drug-likeness (QED) is 0.791. The molecule has 1 rings (SSSR count). The molecule has 0 fully saturated rings. The summed E-state index contributed by atoms with van der Waals surface area (Å²) >= 11 is 7.57. The Morgan fingerprint density at radius 2 is 2.43 bits per heavy atom. The van der Waals surface area contributed by atoms with Crippen LogP contribution < -0.4 is 5.32 Å². The average molecular weight is 232 g/mol. The minimum absolute atomic E-state index is 0.283. The summed E-state index contributed by atoms with van der Waals surface area (Å²) in [7, 11) is 0. The van der Waals surface area contributed by atoms with Gasteiger partial charge in [0.1, 0.15) is 5.82 Å². The lowest BCUT2D eigenvalue weighted by atomic mass is 10.4. The molecule has 0 aromatic carbocycles. The molecule has 0 radical (unpaired) electrons. The largest absolute Gasteiger partial charge is 0.367 e. The molecule has 1 aromatic rings. The molecule has 0 bridgehead atoms. The van der Waals surface area contributed by atoms with Gasteiger partial charge in [0.05, 0.1) is 0 Å². The molecule has 0 aliphatic heterocycles. The highest BCUT2D eigenvalue weighted by Gasteiger charge is 2.02. The second-order valence-corrected chi connectivity index (χ2v) is 4.57. The Labute approximate surface area is 93.7 Å². The maximum absolute atomic E-state index is 5.67. The zero-order valence-corrected chi connectivity index (χ0v) is 9.90. The smallest absolute Gasteiger partial charge is 0.224 e. The first-order valence-electron chi connectivity index (χ1n) is 4.55. The molecule has 5 heteroatoms. The molecule has 0 amide bonds. The van der Waals surface area contributed by atoms with Crippen LogP contribution in [0.5, 0.6) is 0 Å². The molecule has 1 N–H and O–H groups in total. The van der Waals surface area contributed by atoms with Gasteiger partial charge in [0.15, 0.2) is 0 Å². The van der Waals surface area contributed by atoms with Gasteiger partial charge in [0, 0.05) is 18.0 Å². The molecule has 1 atom stereocenters. The fourth-order valence-corrected chi connectivity index (χ4v) is 1.82. The van der Waals surface area contributed by atoms with Crippen molar-refractivity contribution in [2.24, 2.45) is 0 Å². The summed E-state index contributed by atoms with van der Waals surface area (Å²) in [5, 5.41) is 3.54. The maximum Gasteiger partial charge on any atom is 0.224 e. The lowest BCUT2D eigenvalue weighted by Gasteiger charge is -2.13. The molecule has 0 aliphatic carbocycles. The molecular weight excluding hydrogens is 218 g/mol. The third-order valence-electron chi connectivity index (χ3n) is 1.59. The van der Waals surface area contributed by atoms with Crippen molar-refractivity contribution in [3.63, 3.8) is 0 Å². The Morgan fingerprint density at radius 1 is 1.64 bits per heavy atom. The molecule has 1 aromatic heterocycles. The van der Waals surface area contributed by atoms with Crippen molar-refractivity contribution in [2.45, 2.75) is 19.9 Å². The van der Waals surface area contributed by atoms with E-state index in [0.717, 1.165) is 17.3 Å². The van der Waals surface area contributed by atoms with Crippen LogP contribution in [-0.2, 0) is 0 Å². The van der Waals surface area contributed by atoms with Crippen molar-refractivity contribution in [2.75, 3.05) is 16.8 Å². The topological polar surface area (TPSA) is 37.8 Å². The molecule has 3 nitrogen and oxygen atoms in total. The number of halogens is 1. The fourth-order valence-electron chi connectivity index (χ4n) is 1.00. The van der Waals surface area contributed by atoms with E-state index in [9.17, 15) is 0 Å². The van der Waals surface area contributed by atoms with Gasteiger partial charge in [-0.25, -0.2) is 9.97 Å². The van der Waals surface area contributed by atoms with Crippen LogP contribution in [0, 0.1) is 0 Å². The van der Waals surface area contributed by atoms with E-state index in [1.165, 1.54) is 0 Å². The number of hydrogen-bond acceptors (Lipinski definition) is 4. The zero-order valence-electron chi connectivity index (χ0n) is 8.33. The molecule has 78 valence electrons. The Morgan fingerprint density at radius 3 is 3.07 bits per heavy atom. The average Bonchev–Trinajstić information content (AvgIpc) is 2.15. The van der Waals surface area contributed by atoms with E-state index in [1.807, 2.05) is 17.8 Å². The number of nitrogens with zero attached hydrogens (tertiary/aromatic N) is 2. The van der Waals surface area contributed by atoms with Crippen molar-refractivity contribution in [3.8, 4) is 0 Å². The molecule has 1 heterocycles. The monoisotopic (exact) mass is 231 g/mol. The predicted molar refractivity (Wildman–Crippen MR) is 63.1 cm³/mol. The second kappa shape index (κ2) is 6.09. The van der Waals surface area contributed by atoms with Crippen LogP contribution in [0.25, 0.3) is 0 Å². The Balaban J connectivity index is 2.43. The Kier molecular flexibility index (Phi) is 5.04. The van der Waals surface area contributed by atoms with E-state index in [1.54, 1.807) is 6.20 Å². The van der Waals surface area contributed by atoms with Gasteiger partial charge < -0.3 is 5.32 Å². The van der Waals surface area contributed by atoms with Gasteiger partial charge >= 0.3 is 0 Å². The maximum atomic E-state index is 5.67. The summed E-state index contributed by atoms with van der Waals surface area (Å²) in [6.07, 6.45) is 1.65. The fraction of sp³-hybridized carbons (Fsp3) is 0.556. The van der Waals surface area contributed by atoms with Gasteiger partial charge in [-0.3, -0.25) is 0 Å². The Hall–Kier alpha value is -0.480. The lowest BCUT2D eigenvalue weighted by Crippen LogP contribution is -2.18. The van der Waals surface area contributed by atoms with Gasteiger partial charge in [-0.15, -0.1) is 0 Å². The van der Waals surface area contributed by atoms with Gasteiger partial charge in [-0.2, -0.15) is 11.8 Å². The van der Waals surface area contributed by atoms with Crippen LogP contribution in [0.15, 0.2) is 12.3 Å². The summed E-state index contributed by atoms with van der Waals surface area (Å²) in [5.74, 6) is 2.99. The minimum Gasteiger partial charge on any atom is -0.367 e. The van der Waals surface area contributed by atoms with Crippen LogP contribution in [-0.4, -0.2) is 27.5 Å². The number of anilines is 1. The van der Waals surface area contributed by atoms with E-state index in [0.29, 0.717) is 6.04 Å². The number of rotatable bonds is 5. The third kappa shape index (κ3) is 4.15. The number of nitrogens with one attached hydrogen (secondary N) is 1. The number of thioether (sulfide) groups is 1. The predicted octanol–water partition coefficient (Wildman–Crippen LogP) is 2.68. The van der Waals surface area contributed by atoms with Gasteiger partial charge in [-0.05, 0) is 30.3 Å².